The first-order valence-corrected chi connectivity index (χ1v) is 12.7. The maximum atomic E-state index is 12.4. The standard InChI is InChI=1S/C20H36O4Si/c1-15-10-8-7-9-11-16-12-13-17(18(23-16)14-19(21)22-15)24-25(5,6)20(2,3)4/h9,11,15-18H,7-8,10,12-14H2,1-6H3/b11-9-/t15-,16-,17-,18-/m0/s1. The molecule has 5 heteroatoms. The largest absolute Gasteiger partial charge is 0.463 e. The van der Waals surface area contributed by atoms with Gasteiger partial charge in [0.2, 0.25) is 0 Å². The third-order valence-corrected chi connectivity index (χ3v) is 10.3. The van der Waals surface area contributed by atoms with Gasteiger partial charge in [-0.3, -0.25) is 4.79 Å². The van der Waals surface area contributed by atoms with Crippen LogP contribution >= 0.6 is 0 Å². The highest BCUT2D eigenvalue weighted by Gasteiger charge is 2.43. The minimum Gasteiger partial charge on any atom is -0.463 e. The second-order valence-electron chi connectivity index (χ2n) is 9.07. The summed E-state index contributed by atoms with van der Waals surface area (Å²) in [6.45, 7) is 13.2. The number of hydrogen-bond donors (Lipinski definition) is 0. The molecule has 0 saturated carbocycles. The Balaban J connectivity index is 2.13. The van der Waals surface area contributed by atoms with Gasteiger partial charge in [-0.25, -0.2) is 0 Å². The molecule has 0 N–H and O–H groups in total. The lowest BCUT2D eigenvalue weighted by molar-refractivity contribution is -0.159. The van der Waals surface area contributed by atoms with Crippen molar-refractivity contribution < 1.29 is 18.7 Å². The first kappa shape index (κ1) is 20.7. The summed E-state index contributed by atoms with van der Waals surface area (Å²) in [7, 11) is -1.90. The molecule has 1 saturated heterocycles. The highest BCUT2D eigenvalue weighted by molar-refractivity contribution is 6.74. The monoisotopic (exact) mass is 368 g/mol. The Hall–Kier alpha value is -0.653. The van der Waals surface area contributed by atoms with Crippen LogP contribution in [0.5, 0.6) is 0 Å². The molecule has 0 radical (unpaired) electrons. The molecule has 2 heterocycles. The van der Waals surface area contributed by atoms with Crippen LogP contribution in [0.15, 0.2) is 12.2 Å². The summed E-state index contributed by atoms with van der Waals surface area (Å²) in [5.41, 5.74) is 0. The van der Waals surface area contributed by atoms with E-state index in [1.54, 1.807) is 0 Å². The highest BCUT2D eigenvalue weighted by atomic mass is 28.4. The molecule has 0 amide bonds. The van der Waals surface area contributed by atoms with E-state index in [0.29, 0.717) is 0 Å². The zero-order valence-electron chi connectivity index (χ0n) is 16.8. The summed E-state index contributed by atoms with van der Waals surface area (Å²) in [5.74, 6) is -0.161. The van der Waals surface area contributed by atoms with E-state index in [9.17, 15) is 4.79 Å². The van der Waals surface area contributed by atoms with Crippen molar-refractivity contribution in [1.29, 1.82) is 0 Å². The van der Waals surface area contributed by atoms with Gasteiger partial charge in [0, 0.05) is 0 Å². The van der Waals surface area contributed by atoms with Crippen LogP contribution in [0, 0.1) is 0 Å². The van der Waals surface area contributed by atoms with Crippen LogP contribution in [0.4, 0.5) is 0 Å². The molecule has 0 unspecified atom stereocenters. The maximum absolute atomic E-state index is 12.4. The van der Waals surface area contributed by atoms with Gasteiger partial charge < -0.3 is 13.9 Å². The summed E-state index contributed by atoms with van der Waals surface area (Å²) in [6.07, 6.45) is 9.37. The Kier molecular flexibility index (Phi) is 6.91. The second kappa shape index (κ2) is 8.36. The number of rotatable bonds is 2. The SMILES string of the molecule is C[C@H]1CCC/C=C\[C@H]2CC[C@H](O[Si](C)(C)C(C)(C)C)[C@H](CC(=O)O1)O2. The number of cyclic esters (lactones) is 1. The molecule has 4 atom stereocenters. The molecule has 0 aromatic rings. The van der Waals surface area contributed by atoms with Crippen molar-refractivity contribution in [2.75, 3.05) is 0 Å². The summed E-state index contributed by atoms with van der Waals surface area (Å²) < 4.78 is 18.4. The van der Waals surface area contributed by atoms with Crippen molar-refractivity contribution in [1.82, 2.24) is 0 Å². The van der Waals surface area contributed by atoms with E-state index >= 15 is 0 Å². The summed E-state index contributed by atoms with van der Waals surface area (Å²) in [6, 6.07) is 0. The normalized spacial score (nSPS) is 33.8. The van der Waals surface area contributed by atoms with E-state index in [4.69, 9.17) is 13.9 Å². The maximum Gasteiger partial charge on any atom is 0.308 e. The van der Waals surface area contributed by atoms with Crippen LogP contribution in [0.1, 0.15) is 66.2 Å². The van der Waals surface area contributed by atoms with Crippen LogP contribution < -0.4 is 0 Å². The summed E-state index contributed by atoms with van der Waals surface area (Å²) in [5, 5.41) is 0.143. The molecule has 0 aliphatic carbocycles. The van der Waals surface area contributed by atoms with Crippen LogP contribution in [0.25, 0.3) is 0 Å². The molecule has 0 spiro atoms. The molecule has 0 aromatic heterocycles. The quantitative estimate of drug-likeness (QED) is 0.391. The van der Waals surface area contributed by atoms with E-state index in [1.165, 1.54) is 0 Å². The molecule has 0 aromatic carbocycles. The fourth-order valence-corrected chi connectivity index (χ4v) is 4.55. The Morgan fingerprint density at radius 2 is 1.92 bits per heavy atom. The number of fused-ring (bicyclic) bond motifs is 2. The summed E-state index contributed by atoms with van der Waals surface area (Å²) >= 11 is 0. The van der Waals surface area contributed by atoms with Crippen molar-refractivity contribution in [3.8, 4) is 0 Å². The number of carbonyl (C=O) groups excluding carboxylic acids is 1. The number of allylic oxidation sites excluding steroid dienone is 1. The Morgan fingerprint density at radius 3 is 2.60 bits per heavy atom. The van der Waals surface area contributed by atoms with Gasteiger partial charge in [-0.2, -0.15) is 0 Å². The first-order chi connectivity index (χ1) is 11.6. The zero-order chi connectivity index (χ0) is 18.7. The second-order valence-corrected chi connectivity index (χ2v) is 13.8. The average molecular weight is 369 g/mol. The van der Waals surface area contributed by atoms with E-state index < -0.39 is 8.32 Å². The lowest BCUT2D eigenvalue weighted by Crippen LogP contribution is -2.50. The molecule has 144 valence electrons. The van der Waals surface area contributed by atoms with Crippen LogP contribution in [0.3, 0.4) is 0 Å². The van der Waals surface area contributed by atoms with E-state index in [1.807, 2.05) is 6.92 Å². The molecule has 25 heavy (non-hydrogen) atoms. The molecule has 2 aliphatic heterocycles. The molecular formula is C20H36O4Si. The molecular weight excluding hydrogens is 332 g/mol. The zero-order valence-corrected chi connectivity index (χ0v) is 17.8. The minimum absolute atomic E-state index is 0.0173. The molecule has 2 bridgehead atoms. The molecule has 4 nitrogen and oxygen atoms in total. The third kappa shape index (κ3) is 5.93. The predicted octanol–water partition coefficient (Wildman–Crippen LogP) is 4.99. The average Bonchev–Trinajstić information content (AvgIpc) is 2.46. The highest BCUT2D eigenvalue weighted by Crippen LogP contribution is 2.39. The molecule has 2 rings (SSSR count). The van der Waals surface area contributed by atoms with E-state index in [0.717, 1.165) is 32.1 Å². The van der Waals surface area contributed by atoms with Crippen molar-refractivity contribution in [3.05, 3.63) is 12.2 Å². The fourth-order valence-electron chi connectivity index (χ4n) is 3.17. The van der Waals surface area contributed by atoms with Gasteiger partial charge in [0.1, 0.15) is 0 Å². The van der Waals surface area contributed by atoms with Crippen molar-refractivity contribution in [2.24, 2.45) is 0 Å². The van der Waals surface area contributed by atoms with Gasteiger partial charge in [-0.15, -0.1) is 0 Å². The van der Waals surface area contributed by atoms with Gasteiger partial charge in [0.05, 0.1) is 30.8 Å². The minimum atomic E-state index is -1.90. The first-order valence-electron chi connectivity index (χ1n) is 9.78. The van der Waals surface area contributed by atoms with E-state index in [2.05, 4.69) is 46.0 Å². The van der Waals surface area contributed by atoms with Gasteiger partial charge >= 0.3 is 5.97 Å². The smallest absolute Gasteiger partial charge is 0.308 e. The number of carbonyl (C=O) groups is 1. The molecule has 2 aliphatic rings. The Morgan fingerprint density at radius 1 is 1.20 bits per heavy atom. The fraction of sp³-hybridized carbons (Fsp3) is 0.850. The third-order valence-electron chi connectivity index (χ3n) is 5.78. The van der Waals surface area contributed by atoms with Crippen LogP contribution in [0.2, 0.25) is 18.1 Å². The summed E-state index contributed by atoms with van der Waals surface area (Å²) in [4.78, 5) is 12.4. The van der Waals surface area contributed by atoms with Crippen molar-refractivity contribution in [2.45, 2.75) is 109 Å². The van der Waals surface area contributed by atoms with Gasteiger partial charge in [0.25, 0.3) is 0 Å². The topological polar surface area (TPSA) is 44.8 Å². The molecule has 1 fully saturated rings. The lowest BCUT2D eigenvalue weighted by Gasteiger charge is -2.44. The Bertz CT molecular complexity index is 481. The van der Waals surface area contributed by atoms with Crippen LogP contribution in [-0.4, -0.2) is 38.7 Å². The Labute approximate surface area is 154 Å². The van der Waals surface area contributed by atoms with Crippen molar-refractivity contribution >= 4 is 14.3 Å². The number of ether oxygens (including phenoxy) is 2. The van der Waals surface area contributed by atoms with E-state index in [-0.39, 0.29) is 41.8 Å². The van der Waals surface area contributed by atoms with Gasteiger partial charge in [-0.1, -0.05) is 32.9 Å². The van der Waals surface area contributed by atoms with Crippen LogP contribution in [-0.2, 0) is 18.7 Å². The number of esters is 1. The van der Waals surface area contributed by atoms with Gasteiger partial charge in [0.15, 0.2) is 8.32 Å². The predicted molar refractivity (Wildman–Crippen MR) is 103 cm³/mol. The van der Waals surface area contributed by atoms with Crippen molar-refractivity contribution in [3.63, 3.8) is 0 Å². The van der Waals surface area contributed by atoms with Gasteiger partial charge in [-0.05, 0) is 57.2 Å². The number of hydrogen-bond acceptors (Lipinski definition) is 4. The lowest BCUT2D eigenvalue weighted by atomic mass is 9.98.